The Bertz CT molecular complexity index is 383. The highest BCUT2D eigenvalue weighted by Crippen LogP contribution is 2.29. The van der Waals surface area contributed by atoms with E-state index in [9.17, 15) is 5.11 Å². The quantitative estimate of drug-likeness (QED) is 0.547. The van der Waals surface area contributed by atoms with Gasteiger partial charge in [0.2, 0.25) is 0 Å². The van der Waals surface area contributed by atoms with E-state index in [1.807, 2.05) is 0 Å². The second kappa shape index (κ2) is 10.00. The topological polar surface area (TPSA) is 20.2 Å². The molecule has 120 valence electrons. The summed E-state index contributed by atoms with van der Waals surface area (Å²) in [5.41, 5.74) is 4.39. The zero-order chi connectivity index (χ0) is 15.7. The number of aliphatic hydroxyl groups excluding tert-OH is 1. The van der Waals surface area contributed by atoms with Crippen LogP contribution in [0.2, 0.25) is 0 Å². The van der Waals surface area contributed by atoms with E-state index in [0.29, 0.717) is 5.92 Å². The summed E-state index contributed by atoms with van der Waals surface area (Å²) >= 11 is 0. The predicted molar refractivity (Wildman–Crippen MR) is 93.4 cm³/mol. The largest absolute Gasteiger partial charge is 0.393 e. The van der Waals surface area contributed by atoms with Crippen molar-refractivity contribution >= 4 is 0 Å². The first-order valence-electron chi connectivity index (χ1n) is 8.61. The van der Waals surface area contributed by atoms with Crippen molar-refractivity contribution in [1.82, 2.24) is 0 Å². The van der Waals surface area contributed by atoms with Crippen molar-refractivity contribution in [3.8, 4) is 0 Å². The summed E-state index contributed by atoms with van der Waals surface area (Å²) < 4.78 is 0. The maximum Gasteiger partial charge on any atom is 0.0571 e. The monoisotopic (exact) mass is 290 g/mol. The van der Waals surface area contributed by atoms with Crippen LogP contribution in [0, 0.1) is 5.92 Å². The summed E-state index contributed by atoms with van der Waals surface area (Å²) in [5, 5.41) is 9.83. The van der Waals surface area contributed by atoms with Gasteiger partial charge >= 0.3 is 0 Å². The van der Waals surface area contributed by atoms with E-state index >= 15 is 0 Å². The fourth-order valence-electron chi connectivity index (χ4n) is 2.98. The van der Waals surface area contributed by atoms with Gasteiger partial charge in [0.1, 0.15) is 0 Å². The van der Waals surface area contributed by atoms with Crippen molar-refractivity contribution in [1.29, 1.82) is 0 Å². The molecular formula is C20H34O. The van der Waals surface area contributed by atoms with Crippen molar-refractivity contribution in [2.45, 2.75) is 85.2 Å². The van der Waals surface area contributed by atoms with Crippen LogP contribution < -0.4 is 0 Å². The van der Waals surface area contributed by atoms with E-state index in [2.05, 4.69) is 45.9 Å². The average Bonchev–Trinajstić information content (AvgIpc) is 2.81. The van der Waals surface area contributed by atoms with E-state index in [4.69, 9.17) is 0 Å². The van der Waals surface area contributed by atoms with Gasteiger partial charge in [-0.25, -0.2) is 0 Å². The van der Waals surface area contributed by atoms with E-state index in [1.165, 1.54) is 42.4 Å². The third kappa shape index (κ3) is 8.26. The normalized spacial score (nSPS) is 23.5. The molecule has 1 nitrogen and oxygen atoms in total. The van der Waals surface area contributed by atoms with Crippen LogP contribution in [0.1, 0.15) is 79.1 Å². The first-order chi connectivity index (χ1) is 9.99. The average molecular weight is 290 g/mol. The summed E-state index contributed by atoms with van der Waals surface area (Å²) in [6.07, 6.45) is 16.1. The van der Waals surface area contributed by atoms with Gasteiger partial charge in [-0.1, -0.05) is 41.4 Å². The molecule has 0 heterocycles. The number of hydrogen-bond donors (Lipinski definition) is 1. The Hall–Kier alpha value is -0.820. The molecule has 1 saturated carbocycles. The highest BCUT2D eigenvalue weighted by Gasteiger charge is 2.23. The fraction of sp³-hybridized carbons (Fsp3) is 0.700. The number of allylic oxidation sites excluding steroid dienone is 6. The lowest BCUT2D eigenvalue weighted by atomic mass is 9.99. The van der Waals surface area contributed by atoms with Gasteiger partial charge in [-0.2, -0.15) is 0 Å². The molecule has 1 rings (SSSR count). The number of rotatable bonds is 8. The van der Waals surface area contributed by atoms with Crippen LogP contribution in [0.15, 0.2) is 34.9 Å². The summed E-state index contributed by atoms with van der Waals surface area (Å²) in [5.74, 6) is 0.515. The van der Waals surface area contributed by atoms with Crippen LogP contribution in [-0.2, 0) is 0 Å². The number of aliphatic hydroxyl groups is 1. The van der Waals surface area contributed by atoms with E-state index in [1.54, 1.807) is 0 Å². The van der Waals surface area contributed by atoms with Crippen molar-refractivity contribution < 1.29 is 5.11 Å². The lowest BCUT2D eigenvalue weighted by Gasteiger charge is -2.12. The molecule has 1 aliphatic carbocycles. The summed E-state index contributed by atoms with van der Waals surface area (Å²) in [6, 6.07) is 0. The molecule has 0 aromatic heterocycles. The van der Waals surface area contributed by atoms with Gasteiger partial charge in [0, 0.05) is 0 Å². The molecule has 0 radical (unpaired) electrons. The molecule has 21 heavy (non-hydrogen) atoms. The Kier molecular flexibility index (Phi) is 8.68. The maximum atomic E-state index is 9.83. The first kappa shape index (κ1) is 18.2. The van der Waals surface area contributed by atoms with Crippen LogP contribution in [0.25, 0.3) is 0 Å². The second-order valence-corrected chi connectivity index (χ2v) is 6.95. The molecular weight excluding hydrogens is 256 g/mol. The Morgan fingerprint density at radius 3 is 2.10 bits per heavy atom. The fourth-order valence-corrected chi connectivity index (χ4v) is 2.98. The second-order valence-electron chi connectivity index (χ2n) is 6.95. The maximum absolute atomic E-state index is 9.83. The molecule has 1 aliphatic rings. The summed E-state index contributed by atoms with van der Waals surface area (Å²) in [7, 11) is 0. The standard InChI is InChI=1S/C20H34O/c1-16(2)8-5-9-17(3)10-6-11-18(4)14-15-19-12-7-13-20(19)21/h8,10,14,19-21H,5-7,9,11-13,15H2,1-4H3/b17-10+,18-14+. The minimum atomic E-state index is -0.0498. The number of hydrogen-bond acceptors (Lipinski definition) is 1. The van der Waals surface area contributed by atoms with Gasteiger partial charge in [-0.3, -0.25) is 0 Å². The highest BCUT2D eigenvalue weighted by atomic mass is 16.3. The van der Waals surface area contributed by atoms with Crippen LogP contribution in [0.5, 0.6) is 0 Å². The Balaban J connectivity index is 2.22. The Labute approximate surface area is 131 Å². The molecule has 1 heteroatoms. The SMILES string of the molecule is CC(C)=CCC/C(C)=C/CC/C(C)=C/CC1CCCC1O. The Morgan fingerprint density at radius 1 is 0.905 bits per heavy atom. The zero-order valence-corrected chi connectivity index (χ0v) is 14.5. The van der Waals surface area contributed by atoms with Crippen molar-refractivity contribution in [2.75, 3.05) is 0 Å². The smallest absolute Gasteiger partial charge is 0.0571 e. The molecule has 0 aliphatic heterocycles. The third-order valence-electron chi connectivity index (χ3n) is 4.51. The highest BCUT2D eigenvalue weighted by molar-refractivity contribution is 5.06. The van der Waals surface area contributed by atoms with Crippen LogP contribution in [-0.4, -0.2) is 11.2 Å². The Morgan fingerprint density at radius 2 is 1.52 bits per heavy atom. The lowest BCUT2D eigenvalue weighted by molar-refractivity contribution is 0.134. The van der Waals surface area contributed by atoms with Crippen molar-refractivity contribution in [2.24, 2.45) is 5.92 Å². The van der Waals surface area contributed by atoms with Crippen molar-refractivity contribution in [3.05, 3.63) is 34.9 Å². The minimum absolute atomic E-state index is 0.0498. The van der Waals surface area contributed by atoms with Crippen LogP contribution >= 0.6 is 0 Å². The summed E-state index contributed by atoms with van der Waals surface area (Å²) in [6.45, 7) is 8.80. The molecule has 1 N–H and O–H groups in total. The third-order valence-corrected chi connectivity index (χ3v) is 4.51. The van der Waals surface area contributed by atoms with Gasteiger partial charge < -0.3 is 5.11 Å². The molecule has 1 fully saturated rings. The van der Waals surface area contributed by atoms with E-state index in [-0.39, 0.29) is 6.10 Å². The van der Waals surface area contributed by atoms with Gasteiger partial charge in [0.25, 0.3) is 0 Å². The van der Waals surface area contributed by atoms with Gasteiger partial charge in [0.15, 0.2) is 0 Å². The molecule has 0 bridgehead atoms. The molecule has 0 aromatic rings. The minimum Gasteiger partial charge on any atom is -0.393 e. The molecule has 0 saturated heterocycles. The van der Waals surface area contributed by atoms with Gasteiger partial charge in [-0.05, 0) is 78.6 Å². The molecule has 2 unspecified atom stereocenters. The molecule has 0 aromatic carbocycles. The van der Waals surface area contributed by atoms with Crippen molar-refractivity contribution in [3.63, 3.8) is 0 Å². The first-order valence-corrected chi connectivity index (χ1v) is 8.61. The molecule has 0 spiro atoms. The molecule has 0 amide bonds. The van der Waals surface area contributed by atoms with Gasteiger partial charge in [0.05, 0.1) is 6.10 Å². The predicted octanol–water partition coefficient (Wildman–Crippen LogP) is 5.96. The van der Waals surface area contributed by atoms with Crippen LogP contribution in [0.3, 0.4) is 0 Å². The van der Waals surface area contributed by atoms with E-state index < -0.39 is 0 Å². The van der Waals surface area contributed by atoms with E-state index in [0.717, 1.165) is 25.7 Å². The van der Waals surface area contributed by atoms with Crippen LogP contribution in [0.4, 0.5) is 0 Å². The lowest BCUT2D eigenvalue weighted by Crippen LogP contribution is -2.11. The van der Waals surface area contributed by atoms with Gasteiger partial charge in [-0.15, -0.1) is 0 Å². The summed E-state index contributed by atoms with van der Waals surface area (Å²) in [4.78, 5) is 0. The zero-order valence-electron chi connectivity index (χ0n) is 14.5. The molecule has 2 atom stereocenters.